The molecule has 7 heteroatoms. The van der Waals surface area contributed by atoms with Crippen LogP contribution in [0.1, 0.15) is 35.0 Å². The summed E-state index contributed by atoms with van der Waals surface area (Å²) in [5.41, 5.74) is 2.08. The predicted octanol–water partition coefficient (Wildman–Crippen LogP) is 3.62. The van der Waals surface area contributed by atoms with Gasteiger partial charge in [-0.1, -0.05) is 24.3 Å². The Bertz CT molecular complexity index is 1210. The molecule has 0 aliphatic carbocycles. The molecule has 0 aliphatic rings. The number of para-hydroxylation sites is 1. The standard InChI is InChI=1S/C22H21N5O2/c1-3-26(4-2)22(29)20-25-19(17-12-5-6-14-27(17)20)21(28)24-16-11-7-9-15-10-8-13-23-18(15)16/h5-14H,3-4H2,1-2H3,(H,24,28). The van der Waals surface area contributed by atoms with Crippen LogP contribution >= 0.6 is 0 Å². The highest BCUT2D eigenvalue weighted by Crippen LogP contribution is 2.22. The average molecular weight is 387 g/mol. The van der Waals surface area contributed by atoms with Crippen LogP contribution in [0.4, 0.5) is 5.69 Å². The summed E-state index contributed by atoms with van der Waals surface area (Å²) < 4.78 is 1.66. The van der Waals surface area contributed by atoms with Gasteiger partial charge in [-0.25, -0.2) is 4.98 Å². The molecule has 29 heavy (non-hydrogen) atoms. The molecule has 0 saturated heterocycles. The largest absolute Gasteiger partial charge is 0.337 e. The smallest absolute Gasteiger partial charge is 0.290 e. The van der Waals surface area contributed by atoms with E-state index in [1.54, 1.807) is 33.8 Å². The lowest BCUT2D eigenvalue weighted by Crippen LogP contribution is -2.32. The van der Waals surface area contributed by atoms with Crippen LogP contribution in [0.3, 0.4) is 0 Å². The van der Waals surface area contributed by atoms with Gasteiger partial charge in [-0.05, 0) is 38.1 Å². The van der Waals surface area contributed by atoms with Crippen molar-refractivity contribution in [2.45, 2.75) is 13.8 Å². The highest BCUT2D eigenvalue weighted by Gasteiger charge is 2.24. The number of nitrogens with zero attached hydrogens (tertiary/aromatic N) is 4. The molecule has 0 bridgehead atoms. The van der Waals surface area contributed by atoms with Crippen molar-refractivity contribution in [3.05, 3.63) is 72.4 Å². The molecule has 0 radical (unpaired) electrons. The number of nitrogens with one attached hydrogen (secondary N) is 1. The second-order valence-corrected chi connectivity index (χ2v) is 6.55. The third kappa shape index (κ3) is 3.31. The summed E-state index contributed by atoms with van der Waals surface area (Å²) in [6, 6.07) is 14.8. The van der Waals surface area contributed by atoms with E-state index in [1.807, 2.05) is 50.2 Å². The number of carbonyl (C=O) groups excluding carboxylic acids is 2. The lowest BCUT2D eigenvalue weighted by atomic mass is 10.2. The van der Waals surface area contributed by atoms with Crippen LogP contribution < -0.4 is 5.32 Å². The quantitative estimate of drug-likeness (QED) is 0.567. The Morgan fingerprint density at radius 1 is 1.03 bits per heavy atom. The maximum atomic E-state index is 13.1. The van der Waals surface area contributed by atoms with Crippen LogP contribution in [0.25, 0.3) is 16.4 Å². The van der Waals surface area contributed by atoms with E-state index in [4.69, 9.17) is 0 Å². The SMILES string of the molecule is CCN(CC)C(=O)c1nc(C(=O)Nc2cccc3cccnc23)c2ccccn12. The van der Waals surface area contributed by atoms with Crippen molar-refractivity contribution >= 4 is 33.9 Å². The summed E-state index contributed by atoms with van der Waals surface area (Å²) in [6.45, 7) is 4.97. The number of rotatable bonds is 5. The fraction of sp³-hybridized carbons (Fsp3) is 0.182. The van der Waals surface area contributed by atoms with Gasteiger partial charge in [-0.15, -0.1) is 0 Å². The number of fused-ring (bicyclic) bond motifs is 2. The highest BCUT2D eigenvalue weighted by atomic mass is 16.2. The Morgan fingerprint density at radius 2 is 1.83 bits per heavy atom. The molecule has 0 atom stereocenters. The molecule has 146 valence electrons. The lowest BCUT2D eigenvalue weighted by Gasteiger charge is -2.17. The zero-order valence-electron chi connectivity index (χ0n) is 16.3. The molecule has 3 heterocycles. The zero-order chi connectivity index (χ0) is 20.4. The molecule has 0 spiro atoms. The molecule has 1 N–H and O–H groups in total. The normalized spacial score (nSPS) is 11.0. The summed E-state index contributed by atoms with van der Waals surface area (Å²) >= 11 is 0. The molecular formula is C22H21N5O2. The minimum atomic E-state index is -0.384. The molecule has 0 saturated carbocycles. The Balaban J connectivity index is 1.76. The van der Waals surface area contributed by atoms with Crippen LogP contribution in [0.15, 0.2) is 60.9 Å². The van der Waals surface area contributed by atoms with Crippen LogP contribution in [-0.4, -0.2) is 44.2 Å². The summed E-state index contributed by atoms with van der Waals surface area (Å²) in [5, 5.41) is 3.83. The van der Waals surface area contributed by atoms with E-state index in [0.29, 0.717) is 29.8 Å². The first-order valence-electron chi connectivity index (χ1n) is 9.55. The topological polar surface area (TPSA) is 79.6 Å². The zero-order valence-corrected chi connectivity index (χ0v) is 16.3. The molecule has 1 aromatic carbocycles. The number of anilines is 1. The van der Waals surface area contributed by atoms with Gasteiger partial charge in [-0.2, -0.15) is 0 Å². The van der Waals surface area contributed by atoms with Crippen LogP contribution in [0.5, 0.6) is 0 Å². The molecule has 4 aromatic rings. The van der Waals surface area contributed by atoms with Crippen molar-refractivity contribution in [3.8, 4) is 0 Å². The second-order valence-electron chi connectivity index (χ2n) is 6.55. The number of hydrogen-bond donors (Lipinski definition) is 1. The van der Waals surface area contributed by atoms with Gasteiger partial charge in [0.2, 0.25) is 5.82 Å². The van der Waals surface area contributed by atoms with Crippen molar-refractivity contribution in [2.75, 3.05) is 18.4 Å². The first-order chi connectivity index (χ1) is 14.1. The maximum absolute atomic E-state index is 13.1. The molecule has 0 aliphatic heterocycles. The van der Waals surface area contributed by atoms with E-state index in [-0.39, 0.29) is 23.3 Å². The molecule has 2 amide bonds. The lowest BCUT2D eigenvalue weighted by molar-refractivity contribution is 0.0760. The molecule has 4 rings (SSSR count). The van der Waals surface area contributed by atoms with Gasteiger partial charge in [0.25, 0.3) is 11.8 Å². The number of benzene rings is 1. The maximum Gasteiger partial charge on any atom is 0.290 e. The first kappa shape index (κ1) is 18.6. The van der Waals surface area contributed by atoms with Crippen molar-refractivity contribution in [3.63, 3.8) is 0 Å². The minimum Gasteiger partial charge on any atom is -0.337 e. The number of carbonyl (C=O) groups is 2. The molecule has 0 fully saturated rings. The average Bonchev–Trinajstić information content (AvgIpc) is 3.15. The van der Waals surface area contributed by atoms with Gasteiger partial charge >= 0.3 is 0 Å². The Hall–Kier alpha value is -3.74. The van der Waals surface area contributed by atoms with Gasteiger partial charge < -0.3 is 10.2 Å². The summed E-state index contributed by atoms with van der Waals surface area (Å²) in [4.78, 5) is 36.4. The number of hydrogen-bond acceptors (Lipinski definition) is 4. The van der Waals surface area contributed by atoms with Gasteiger partial charge in [0.15, 0.2) is 5.69 Å². The van der Waals surface area contributed by atoms with E-state index < -0.39 is 0 Å². The van der Waals surface area contributed by atoms with Gasteiger partial charge in [-0.3, -0.25) is 19.0 Å². The minimum absolute atomic E-state index is 0.203. The fourth-order valence-corrected chi connectivity index (χ4v) is 3.39. The van der Waals surface area contributed by atoms with Gasteiger partial charge in [0.1, 0.15) is 0 Å². The van der Waals surface area contributed by atoms with E-state index in [9.17, 15) is 9.59 Å². The van der Waals surface area contributed by atoms with Crippen molar-refractivity contribution < 1.29 is 9.59 Å². The molecule has 0 unspecified atom stereocenters. The molecule has 3 aromatic heterocycles. The highest BCUT2D eigenvalue weighted by molar-refractivity contribution is 6.11. The number of aromatic nitrogens is 3. The number of pyridine rings is 2. The van der Waals surface area contributed by atoms with E-state index >= 15 is 0 Å². The Morgan fingerprint density at radius 3 is 2.62 bits per heavy atom. The Kier molecular flexibility index (Phi) is 4.95. The van der Waals surface area contributed by atoms with Crippen molar-refractivity contribution in [1.29, 1.82) is 0 Å². The van der Waals surface area contributed by atoms with Gasteiger partial charge in [0, 0.05) is 30.9 Å². The van der Waals surface area contributed by atoms with Crippen molar-refractivity contribution in [2.24, 2.45) is 0 Å². The van der Waals surface area contributed by atoms with Crippen LogP contribution in [0.2, 0.25) is 0 Å². The van der Waals surface area contributed by atoms with E-state index in [1.165, 1.54) is 0 Å². The van der Waals surface area contributed by atoms with E-state index in [0.717, 1.165) is 5.39 Å². The van der Waals surface area contributed by atoms with Gasteiger partial charge in [0.05, 0.1) is 16.7 Å². The predicted molar refractivity (Wildman–Crippen MR) is 112 cm³/mol. The second kappa shape index (κ2) is 7.71. The monoisotopic (exact) mass is 387 g/mol. The van der Waals surface area contributed by atoms with E-state index in [2.05, 4.69) is 15.3 Å². The third-order valence-electron chi connectivity index (χ3n) is 4.89. The number of amides is 2. The summed E-state index contributed by atoms with van der Waals surface area (Å²) in [5.74, 6) is -0.363. The third-order valence-corrected chi connectivity index (χ3v) is 4.89. The summed E-state index contributed by atoms with van der Waals surface area (Å²) in [7, 11) is 0. The number of imidazole rings is 1. The molecule has 7 nitrogen and oxygen atoms in total. The fourth-order valence-electron chi connectivity index (χ4n) is 3.39. The van der Waals surface area contributed by atoms with Crippen molar-refractivity contribution in [1.82, 2.24) is 19.3 Å². The summed E-state index contributed by atoms with van der Waals surface area (Å²) in [6.07, 6.45) is 3.43. The van der Waals surface area contributed by atoms with Crippen LogP contribution in [-0.2, 0) is 0 Å². The first-order valence-corrected chi connectivity index (χ1v) is 9.55. The Labute approximate surface area is 168 Å². The van der Waals surface area contributed by atoms with Crippen LogP contribution in [0, 0.1) is 0 Å². The molecular weight excluding hydrogens is 366 g/mol.